The highest BCUT2D eigenvalue weighted by atomic mass is 19.1. The van der Waals surface area contributed by atoms with Crippen molar-refractivity contribution in [1.82, 2.24) is 15.3 Å². The topological polar surface area (TPSA) is 84.1 Å². The van der Waals surface area contributed by atoms with Crippen LogP contribution in [0, 0.1) is 0 Å². The molecule has 3 rings (SSSR count). The summed E-state index contributed by atoms with van der Waals surface area (Å²) in [5.74, 6) is 0.762. The molecule has 1 saturated heterocycles. The number of allylic oxidation sites excluding steroid dienone is 1. The summed E-state index contributed by atoms with van der Waals surface area (Å²) in [7, 11) is 0.500. The summed E-state index contributed by atoms with van der Waals surface area (Å²) in [6.07, 6.45) is 7.84. The number of nitrogens with zero attached hydrogens (tertiary/aromatic N) is 3. The molecule has 1 aromatic heterocycles. The summed E-state index contributed by atoms with van der Waals surface area (Å²) in [4.78, 5) is 22.4. The van der Waals surface area contributed by atoms with Gasteiger partial charge in [-0.15, -0.1) is 0 Å². The zero-order valence-corrected chi connectivity index (χ0v) is 25.0. The lowest BCUT2D eigenvalue weighted by molar-refractivity contribution is -0.117. The van der Waals surface area contributed by atoms with Crippen molar-refractivity contribution in [2.45, 2.75) is 86.7 Å². The van der Waals surface area contributed by atoms with E-state index in [4.69, 9.17) is 5.73 Å². The number of hydrogen-bond acceptors (Lipinski definition) is 5. The molecule has 2 atom stereocenters. The number of halogens is 1. The third kappa shape index (κ3) is 11.7. The largest absolute Gasteiger partial charge is 0.385 e. The molecule has 0 saturated carbocycles. The zero-order chi connectivity index (χ0) is 29.7. The predicted octanol–water partition coefficient (Wildman–Crippen LogP) is 7.54. The molecule has 7 heteroatoms. The van der Waals surface area contributed by atoms with Gasteiger partial charge in [-0.25, -0.2) is 9.97 Å². The van der Waals surface area contributed by atoms with E-state index < -0.39 is 0 Å². The lowest BCUT2D eigenvalue weighted by atomic mass is 10.0. The van der Waals surface area contributed by atoms with Crippen molar-refractivity contribution >= 4 is 23.0 Å². The molecule has 2 heterocycles. The highest BCUT2D eigenvalue weighted by molar-refractivity contribution is 5.98. The van der Waals surface area contributed by atoms with Crippen LogP contribution in [0.4, 0.5) is 15.9 Å². The van der Waals surface area contributed by atoms with Gasteiger partial charge in [0.2, 0.25) is 5.91 Å². The minimum Gasteiger partial charge on any atom is -0.385 e. The Hall–Kier alpha value is -3.48. The number of amides is 1. The number of alkyl halides is 1. The molecule has 0 radical (unpaired) electrons. The number of nitrogens with two attached hydrogens (primary N) is 1. The van der Waals surface area contributed by atoms with Gasteiger partial charge in [-0.1, -0.05) is 84.2 Å². The molecule has 1 amide bonds. The number of benzene rings is 1. The fraction of sp³-hybridized carbons (Fsp3) is 0.452. The molecule has 0 bridgehead atoms. The van der Waals surface area contributed by atoms with Crippen LogP contribution in [0.1, 0.15) is 79.6 Å². The molecule has 38 heavy (non-hydrogen) atoms. The number of aromatic nitrogens is 2. The quantitative estimate of drug-likeness (QED) is 0.363. The van der Waals surface area contributed by atoms with Gasteiger partial charge >= 0.3 is 0 Å². The lowest BCUT2D eigenvalue weighted by Crippen LogP contribution is -2.32. The summed E-state index contributed by atoms with van der Waals surface area (Å²) >= 11 is 0. The van der Waals surface area contributed by atoms with Crippen molar-refractivity contribution < 1.29 is 9.18 Å². The Morgan fingerprint density at radius 3 is 2.21 bits per heavy atom. The summed E-state index contributed by atoms with van der Waals surface area (Å²) in [6.45, 7) is 24.2. The van der Waals surface area contributed by atoms with Crippen molar-refractivity contribution in [2.75, 3.05) is 17.8 Å². The van der Waals surface area contributed by atoms with Gasteiger partial charge in [0.25, 0.3) is 0 Å². The van der Waals surface area contributed by atoms with Crippen LogP contribution in [0.25, 0.3) is 5.57 Å². The molecular weight excluding hydrogens is 477 g/mol. The molecule has 2 aromatic rings. The van der Waals surface area contributed by atoms with Crippen LogP contribution in [-0.4, -0.2) is 35.1 Å². The second kappa shape index (κ2) is 21.6. The summed E-state index contributed by atoms with van der Waals surface area (Å²) in [6, 6.07) is 10.6. The Morgan fingerprint density at radius 2 is 1.79 bits per heavy atom. The predicted molar refractivity (Wildman–Crippen MR) is 164 cm³/mol. The van der Waals surface area contributed by atoms with Crippen molar-refractivity contribution in [3.05, 3.63) is 78.9 Å². The van der Waals surface area contributed by atoms with Crippen molar-refractivity contribution in [3.8, 4) is 0 Å². The van der Waals surface area contributed by atoms with E-state index in [0.717, 1.165) is 18.4 Å². The standard InChI is InChI=1S/C18H25N5O.C8H10.2C2H6.CH3F/c1-6-9-20-14(5)12(3)13(4)18-21-10-15(17(19)22-18)23-11(2)7-8-16(23)24;1-2-8-6-4-3-5-7-8;3*1-2/h6,9-11,14,20H,3-4,7-8H2,1-2,5H3,(H2,19,21,22);3-7H,2H2,1H3;2*1-2H3;1H3/b9-6-;;;;. The highest BCUT2D eigenvalue weighted by Crippen LogP contribution is 2.31. The summed E-state index contributed by atoms with van der Waals surface area (Å²) in [5.41, 5.74) is 9.46. The molecule has 1 aliphatic rings. The molecule has 0 aliphatic carbocycles. The fourth-order valence-electron chi connectivity index (χ4n) is 3.38. The smallest absolute Gasteiger partial charge is 0.227 e. The van der Waals surface area contributed by atoms with Crippen LogP contribution in [-0.2, 0) is 11.2 Å². The third-order valence-electron chi connectivity index (χ3n) is 5.49. The van der Waals surface area contributed by atoms with Gasteiger partial charge < -0.3 is 16.0 Å². The Kier molecular flexibility index (Phi) is 20.8. The zero-order valence-electron chi connectivity index (χ0n) is 25.0. The highest BCUT2D eigenvalue weighted by Gasteiger charge is 2.31. The fourth-order valence-corrected chi connectivity index (χ4v) is 3.38. The molecule has 0 spiro atoms. The van der Waals surface area contributed by atoms with Crippen LogP contribution in [0.15, 0.2) is 67.5 Å². The Labute approximate surface area is 231 Å². The van der Waals surface area contributed by atoms with E-state index in [1.807, 2.05) is 66.8 Å². The lowest BCUT2D eigenvalue weighted by Gasteiger charge is -2.23. The Morgan fingerprint density at radius 1 is 1.21 bits per heavy atom. The van der Waals surface area contributed by atoms with Crippen LogP contribution < -0.4 is 16.0 Å². The number of nitrogens with one attached hydrogen (secondary N) is 1. The maximum atomic E-state index is 12.0. The van der Waals surface area contributed by atoms with Crippen LogP contribution in [0.5, 0.6) is 0 Å². The maximum Gasteiger partial charge on any atom is 0.227 e. The molecular formula is C31H50FN5O. The Balaban J connectivity index is 0. The van der Waals surface area contributed by atoms with Crippen molar-refractivity contribution in [3.63, 3.8) is 0 Å². The molecule has 1 fully saturated rings. The number of nitrogen functional groups attached to an aromatic ring is 1. The van der Waals surface area contributed by atoms with Crippen LogP contribution in [0.3, 0.4) is 0 Å². The van der Waals surface area contributed by atoms with Gasteiger partial charge in [0.05, 0.1) is 13.4 Å². The average molecular weight is 528 g/mol. The first-order valence-corrected chi connectivity index (χ1v) is 13.4. The van der Waals surface area contributed by atoms with Gasteiger partial charge in [0.15, 0.2) is 11.6 Å². The second-order valence-corrected chi connectivity index (χ2v) is 7.85. The third-order valence-corrected chi connectivity index (χ3v) is 5.49. The first-order valence-electron chi connectivity index (χ1n) is 13.4. The van der Waals surface area contributed by atoms with Crippen LogP contribution in [0.2, 0.25) is 0 Å². The molecule has 1 aliphatic heterocycles. The molecule has 3 N–H and O–H groups in total. The van der Waals surface area contributed by atoms with E-state index in [9.17, 15) is 9.18 Å². The molecule has 6 nitrogen and oxygen atoms in total. The second-order valence-electron chi connectivity index (χ2n) is 7.85. The van der Waals surface area contributed by atoms with E-state index in [2.05, 4.69) is 59.6 Å². The van der Waals surface area contributed by atoms with Gasteiger partial charge in [0.1, 0.15) is 5.69 Å². The normalized spacial score (nSPS) is 14.3. The number of rotatable bonds is 7. The van der Waals surface area contributed by atoms with Gasteiger partial charge in [-0.05, 0) is 50.9 Å². The Bertz CT molecular complexity index is 975. The first kappa shape index (κ1) is 36.7. The minimum atomic E-state index is -0.00150. The maximum absolute atomic E-state index is 12.0. The average Bonchev–Trinajstić information content (AvgIpc) is 3.31. The van der Waals surface area contributed by atoms with Crippen molar-refractivity contribution in [2.24, 2.45) is 0 Å². The van der Waals surface area contributed by atoms with Gasteiger partial charge in [-0.3, -0.25) is 9.18 Å². The number of hydrogen-bond donors (Lipinski definition) is 2. The van der Waals surface area contributed by atoms with Gasteiger partial charge in [0, 0.05) is 24.1 Å². The summed E-state index contributed by atoms with van der Waals surface area (Å²) < 4.78 is 9.50. The molecule has 2 unspecified atom stereocenters. The SMILES string of the molecule is C=C(C(=C)C(C)N/C=C\C)c1ncc(N2C(=O)CCC2C)c(N)n1.CC.CC.CCc1ccccc1.CF. The number of anilines is 2. The number of aryl methyl sites for hydroxylation is 1. The van der Waals surface area contributed by atoms with E-state index in [1.165, 1.54) is 5.56 Å². The van der Waals surface area contributed by atoms with E-state index in [0.29, 0.717) is 30.7 Å². The molecule has 212 valence electrons. The first-order chi connectivity index (χ1) is 18.3. The van der Waals surface area contributed by atoms with E-state index in [1.54, 1.807) is 11.1 Å². The van der Waals surface area contributed by atoms with E-state index in [-0.39, 0.29) is 23.8 Å². The van der Waals surface area contributed by atoms with E-state index >= 15 is 0 Å². The molecule has 1 aromatic carbocycles. The summed E-state index contributed by atoms with van der Waals surface area (Å²) in [5, 5.41) is 3.18. The minimum absolute atomic E-state index is 0.00150. The van der Waals surface area contributed by atoms with Gasteiger partial charge in [-0.2, -0.15) is 0 Å². The van der Waals surface area contributed by atoms with Crippen molar-refractivity contribution in [1.29, 1.82) is 0 Å². The monoisotopic (exact) mass is 527 g/mol. The number of carbonyl (C=O) groups excluding carboxylic acids is 1. The number of carbonyl (C=O) groups is 1. The van der Waals surface area contributed by atoms with Crippen LogP contribution >= 0.6 is 0 Å².